The first-order chi connectivity index (χ1) is 15.7. The second kappa shape index (κ2) is 11.0. The average molecular weight is 493 g/mol. The van der Waals surface area contributed by atoms with Crippen molar-refractivity contribution in [3.05, 3.63) is 71.8 Å². The summed E-state index contributed by atoms with van der Waals surface area (Å²) in [6, 6.07) is 11.2. The molecule has 10 nitrogen and oxygen atoms in total. The molecule has 0 atom stereocenters. The standard InChI is InChI=1S/C20H21FN6O4S2/c1-27-13-22-26-20(27)32-12-14-2-4-15(5-3-14)19(29)25-24-18(28)10-11-23-33(30,31)17-8-6-16(21)7-9-17/h2-9,13,23H,10-12H2,1H3,(H,24,28)(H,25,29). The second-order valence-corrected chi connectivity index (χ2v) is 9.52. The number of sulfonamides is 1. The van der Waals surface area contributed by atoms with E-state index < -0.39 is 27.7 Å². The Kier molecular flexibility index (Phi) is 8.14. The van der Waals surface area contributed by atoms with E-state index in [1.54, 1.807) is 30.6 Å². The largest absolute Gasteiger partial charge is 0.312 e. The van der Waals surface area contributed by atoms with E-state index in [4.69, 9.17) is 0 Å². The van der Waals surface area contributed by atoms with Gasteiger partial charge in [0.15, 0.2) is 5.16 Å². The molecule has 1 aromatic heterocycles. The van der Waals surface area contributed by atoms with Gasteiger partial charge in [0, 0.05) is 31.3 Å². The fourth-order valence-corrected chi connectivity index (χ4v) is 4.44. The maximum atomic E-state index is 12.9. The molecular formula is C20H21FN6O4S2. The highest BCUT2D eigenvalue weighted by Crippen LogP contribution is 2.20. The maximum absolute atomic E-state index is 12.9. The quantitative estimate of drug-likeness (QED) is 0.303. The van der Waals surface area contributed by atoms with Crippen LogP contribution in [-0.2, 0) is 27.6 Å². The van der Waals surface area contributed by atoms with Crippen LogP contribution < -0.4 is 15.6 Å². The number of hydrogen-bond donors (Lipinski definition) is 3. The highest BCUT2D eigenvalue weighted by atomic mass is 32.2. The monoisotopic (exact) mass is 492 g/mol. The van der Waals surface area contributed by atoms with E-state index in [9.17, 15) is 22.4 Å². The molecule has 3 aromatic rings. The Morgan fingerprint density at radius 2 is 1.76 bits per heavy atom. The summed E-state index contributed by atoms with van der Waals surface area (Å²) >= 11 is 1.51. The molecular weight excluding hydrogens is 471 g/mol. The van der Waals surface area contributed by atoms with Gasteiger partial charge in [-0.1, -0.05) is 23.9 Å². The molecule has 0 radical (unpaired) electrons. The number of amides is 2. The van der Waals surface area contributed by atoms with Crippen LogP contribution in [0.4, 0.5) is 4.39 Å². The number of carbonyl (C=O) groups is 2. The molecule has 2 aromatic carbocycles. The predicted molar refractivity (Wildman–Crippen MR) is 119 cm³/mol. The van der Waals surface area contributed by atoms with Gasteiger partial charge in [-0.15, -0.1) is 10.2 Å². The fourth-order valence-electron chi connectivity index (χ4n) is 2.56. The topological polar surface area (TPSA) is 135 Å². The molecule has 33 heavy (non-hydrogen) atoms. The van der Waals surface area contributed by atoms with Gasteiger partial charge in [-0.05, 0) is 42.0 Å². The van der Waals surface area contributed by atoms with Crippen LogP contribution in [0.1, 0.15) is 22.3 Å². The number of aryl methyl sites for hydroxylation is 1. The Bertz CT molecular complexity index is 1210. The zero-order chi connectivity index (χ0) is 23.8. The molecule has 13 heteroatoms. The first kappa shape index (κ1) is 24.4. The Morgan fingerprint density at radius 1 is 1.06 bits per heavy atom. The van der Waals surface area contributed by atoms with Crippen molar-refractivity contribution in [3.63, 3.8) is 0 Å². The number of nitrogens with zero attached hydrogens (tertiary/aromatic N) is 3. The minimum absolute atomic E-state index is 0.115. The molecule has 0 saturated carbocycles. The second-order valence-electron chi connectivity index (χ2n) is 6.81. The number of rotatable bonds is 9. The molecule has 0 aliphatic heterocycles. The molecule has 3 rings (SSSR count). The number of hydrogen-bond acceptors (Lipinski definition) is 7. The van der Waals surface area contributed by atoms with Crippen LogP contribution in [0, 0.1) is 5.82 Å². The number of hydrazine groups is 1. The van der Waals surface area contributed by atoms with Crippen LogP contribution in [-0.4, -0.2) is 41.5 Å². The summed E-state index contributed by atoms with van der Waals surface area (Å²) in [6.45, 7) is -0.195. The zero-order valence-electron chi connectivity index (χ0n) is 17.5. The number of benzene rings is 2. The minimum atomic E-state index is -3.87. The lowest BCUT2D eigenvalue weighted by atomic mass is 10.1. The third-order valence-corrected chi connectivity index (χ3v) is 6.92. The molecule has 0 fully saturated rings. The summed E-state index contributed by atoms with van der Waals surface area (Å²) in [5.41, 5.74) is 5.85. The molecule has 0 unspecified atom stereocenters. The number of aromatic nitrogens is 3. The van der Waals surface area contributed by atoms with Crippen LogP contribution in [0.5, 0.6) is 0 Å². The van der Waals surface area contributed by atoms with Crippen molar-refractivity contribution in [1.82, 2.24) is 30.3 Å². The molecule has 3 N–H and O–H groups in total. The van der Waals surface area contributed by atoms with Crippen LogP contribution in [0.15, 0.2) is 64.9 Å². The van der Waals surface area contributed by atoms with Gasteiger partial charge in [-0.3, -0.25) is 20.4 Å². The smallest absolute Gasteiger partial charge is 0.269 e. The van der Waals surface area contributed by atoms with Crippen molar-refractivity contribution in [2.75, 3.05) is 6.54 Å². The van der Waals surface area contributed by atoms with E-state index in [-0.39, 0.29) is 17.9 Å². The third kappa shape index (κ3) is 7.10. The van der Waals surface area contributed by atoms with Gasteiger partial charge in [-0.2, -0.15) is 0 Å². The van der Waals surface area contributed by atoms with Crippen molar-refractivity contribution in [2.24, 2.45) is 7.05 Å². The van der Waals surface area contributed by atoms with Gasteiger partial charge in [0.05, 0.1) is 4.90 Å². The highest BCUT2D eigenvalue weighted by molar-refractivity contribution is 7.98. The van der Waals surface area contributed by atoms with Gasteiger partial charge in [0.2, 0.25) is 15.9 Å². The van der Waals surface area contributed by atoms with E-state index in [1.165, 1.54) is 11.8 Å². The van der Waals surface area contributed by atoms with Crippen LogP contribution in [0.2, 0.25) is 0 Å². The summed E-state index contributed by atoms with van der Waals surface area (Å²) < 4.78 is 41.1. The molecule has 174 valence electrons. The SMILES string of the molecule is Cn1cnnc1SCc1ccc(C(=O)NNC(=O)CCNS(=O)(=O)c2ccc(F)cc2)cc1. The van der Waals surface area contributed by atoms with Gasteiger partial charge in [-0.25, -0.2) is 17.5 Å². The van der Waals surface area contributed by atoms with E-state index in [2.05, 4.69) is 25.8 Å². The van der Waals surface area contributed by atoms with E-state index in [0.717, 1.165) is 35.0 Å². The Labute approximate surface area is 194 Å². The summed E-state index contributed by atoms with van der Waals surface area (Å²) in [7, 11) is -2.02. The predicted octanol–water partition coefficient (Wildman–Crippen LogP) is 1.38. The molecule has 1 heterocycles. The normalized spacial score (nSPS) is 11.2. The summed E-state index contributed by atoms with van der Waals surface area (Å²) in [6.07, 6.45) is 1.41. The number of halogens is 1. The number of thioether (sulfide) groups is 1. The molecule has 0 aliphatic carbocycles. The van der Waals surface area contributed by atoms with Crippen LogP contribution in [0.3, 0.4) is 0 Å². The summed E-state index contributed by atoms with van der Waals surface area (Å²) in [5.74, 6) is -0.997. The molecule has 0 spiro atoms. The number of nitrogens with one attached hydrogen (secondary N) is 3. The fraction of sp³-hybridized carbons (Fsp3) is 0.200. The van der Waals surface area contributed by atoms with Gasteiger partial charge in [0.25, 0.3) is 5.91 Å². The molecule has 0 aliphatic rings. The molecule has 2 amide bonds. The van der Waals surface area contributed by atoms with E-state index in [0.29, 0.717) is 11.3 Å². The summed E-state index contributed by atoms with van der Waals surface area (Å²) in [5, 5.41) is 8.58. The van der Waals surface area contributed by atoms with Gasteiger partial charge < -0.3 is 4.57 Å². The van der Waals surface area contributed by atoms with Crippen molar-refractivity contribution in [3.8, 4) is 0 Å². The minimum Gasteiger partial charge on any atom is -0.312 e. The maximum Gasteiger partial charge on any atom is 0.269 e. The van der Waals surface area contributed by atoms with E-state index in [1.807, 2.05) is 11.6 Å². The van der Waals surface area contributed by atoms with Crippen LogP contribution >= 0.6 is 11.8 Å². The Morgan fingerprint density at radius 3 is 2.39 bits per heavy atom. The van der Waals surface area contributed by atoms with Crippen molar-refractivity contribution >= 4 is 33.6 Å². The lowest BCUT2D eigenvalue weighted by Crippen LogP contribution is -2.42. The third-order valence-electron chi connectivity index (χ3n) is 4.34. The van der Waals surface area contributed by atoms with Gasteiger partial charge >= 0.3 is 0 Å². The van der Waals surface area contributed by atoms with Crippen molar-refractivity contribution in [2.45, 2.75) is 22.2 Å². The van der Waals surface area contributed by atoms with Crippen molar-refractivity contribution in [1.29, 1.82) is 0 Å². The summed E-state index contributed by atoms with van der Waals surface area (Å²) in [4.78, 5) is 24.0. The van der Waals surface area contributed by atoms with Gasteiger partial charge in [0.1, 0.15) is 12.1 Å². The molecule has 0 bridgehead atoms. The number of carbonyl (C=O) groups excluding carboxylic acids is 2. The van der Waals surface area contributed by atoms with Crippen molar-refractivity contribution < 1.29 is 22.4 Å². The Hall–Kier alpha value is -3.29. The molecule has 0 saturated heterocycles. The lowest BCUT2D eigenvalue weighted by Gasteiger charge is -2.09. The average Bonchev–Trinajstić information content (AvgIpc) is 3.21. The van der Waals surface area contributed by atoms with E-state index >= 15 is 0 Å². The highest BCUT2D eigenvalue weighted by Gasteiger charge is 2.14. The zero-order valence-corrected chi connectivity index (χ0v) is 19.1. The first-order valence-electron chi connectivity index (χ1n) is 9.65. The van der Waals surface area contributed by atoms with Crippen LogP contribution in [0.25, 0.3) is 0 Å². The first-order valence-corrected chi connectivity index (χ1v) is 12.1. The lowest BCUT2D eigenvalue weighted by molar-refractivity contribution is -0.121. The Balaban J connectivity index is 1.40.